The first-order chi connectivity index (χ1) is 5.20. The summed E-state index contributed by atoms with van der Waals surface area (Å²) in [6.45, 7) is 7.13. The van der Waals surface area contributed by atoms with Crippen molar-refractivity contribution in [3.8, 4) is 0 Å². The summed E-state index contributed by atoms with van der Waals surface area (Å²) in [5.41, 5.74) is 0.700. The zero-order valence-electron chi connectivity index (χ0n) is 8.32. The Balaban J connectivity index is 2.35. The second-order valence-electron chi connectivity index (χ2n) is 4.52. The fourth-order valence-electron chi connectivity index (χ4n) is 2.14. The first kappa shape index (κ1) is 9.09. The number of rotatable bonds is 2. The highest BCUT2D eigenvalue weighted by atomic mass is 14.3. The third-order valence-electron chi connectivity index (χ3n) is 3.74. The van der Waals surface area contributed by atoms with Crippen LogP contribution in [0.5, 0.6) is 0 Å². The molecule has 0 radical (unpaired) electrons. The van der Waals surface area contributed by atoms with Crippen LogP contribution in [0.25, 0.3) is 0 Å². The van der Waals surface area contributed by atoms with Crippen LogP contribution >= 0.6 is 0 Å². The van der Waals surface area contributed by atoms with Gasteiger partial charge in [0.05, 0.1) is 0 Å². The maximum Gasteiger partial charge on any atom is -0.0328 e. The molecule has 0 aromatic carbocycles. The summed E-state index contributed by atoms with van der Waals surface area (Å²) in [6.07, 6.45) is 8.70. The number of hydrogen-bond acceptors (Lipinski definition) is 0. The van der Waals surface area contributed by atoms with Crippen LogP contribution in [0.15, 0.2) is 0 Å². The lowest BCUT2D eigenvalue weighted by Crippen LogP contribution is -2.23. The van der Waals surface area contributed by atoms with Crippen molar-refractivity contribution in [1.29, 1.82) is 0 Å². The fraction of sp³-hybridized carbons (Fsp3) is 1.00. The van der Waals surface area contributed by atoms with Crippen molar-refractivity contribution >= 4 is 0 Å². The van der Waals surface area contributed by atoms with Crippen LogP contribution in [0.4, 0.5) is 0 Å². The third kappa shape index (κ3) is 2.21. The molecule has 0 unspecified atom stereocenters. The standard InChI is InChI=1S/C11H22/c1-4-10-6-8-11(3,5-2)9-7-10/h10H,4-9H2,1-3H3. The molecular weight excluding hydrogens is 132 g/mol. The molecule has 1 fully saturated rings. The Morgan fingerprint density at radius 1 is 1.18 bits per heavy atom. The molecule has 0 amide bonds. The predicted octanol–water partition coefficient (Wildman–Crippen LogP) is 4.00. The summed E-state index contributed by atoms with van der Waals surface area (Å²) in [6, 6.07) is 0. The van der Waals surface area contributed by atoms with Gasteiger partial charge in [0, 0.05) is 0 Å². The second kappa shape index (κ2) is 3.60. The largest absolute Gasteiger partial charge is 0.0651 e. The van der Waals surface area contributed by atoms with Gasteiger partial charge in [-0.2, -0.15) is 0 Å². The van der Waals surface area contributed by atoms with E-state index in [1.54, 1.807) is 0 Å². The Morgan fingerprint density at radius 2 is 1.73 bits per heavy atom. The minimum Gasteiger partial charge on any atom is -0.0651 e. The highest BCUT2D eigenvalue weighted by molar-refractivity contribution is 4.80. The SMILES string of the molecule is CCC1CCC(C)(CC)CC1. The first-order valence-corrected chi connectivity index (χ1v) is 5.20. The molecule has 0 heterocycles. The molecule has 0 atom stereocenters. The van der Waals surface area contributed by atoms with Gasteiger partial charge in [-0.15, -0.1) is 0 Å². The smallest absolute Gasteiger partial charge is 0.0328 e. The maximum atomic E-state index is 2.46. The van der Waals surface area contributed by atoms with Crippen molar-refractivity contribution in [1.82, 2.24) is 0 Å². The molecule has 0 bridgehead atoms. The molecule has 1 aliphatic rings. The van der Waals surface area contributed by atoms with E-state index in [-0.39, 0.29) is 0 Å². The van der Waals surface area contributed by atoms with Crippen LogP contribution in [0.3, 0.4) is 0 Å². The van der Waals surface area contributed by atoms with Crippen molar-refractivity contribution in [3.05, 3.63) is 0 Å². The van der Waals surface area contributed by atoms with E-state index in [2.05, 4.69) is 20.8 Å². The van der Waals surface area contributed by atoms with Gasteiger partial charge >= 0.3 is 0 Å². The molecular formula is C11H22. The van der Waals surface area contributed by atoms with E-state index in [1.807, 2.05) is 0 Å². The Kier molecular flexibility index (Phi) is 2.98. The Hall–Kier alpha value is 0. The van der Waals surface area contributed by atoms with Gasteiger partial charge in [-0.3, -0.25) is 0 Å². The molecule has 66 valence electrons. The summed E-state index contributed by atoms with van der Waals surface area (Å²) in [7, 11) is 0. The third-order valence-corrected chi connectivity index (χ3v) is 3.74. The fourth-order valence-corrected chi connectivity index (χ4v) is 2.14. The first-order valence-electron chi connectivity index (χ1n) is 5.20. The molecule has 0 aliphatic heterocycles. The van der Waals surface area contributed by atoms with E-state index in [1.165, 1.54) is 38.5 Å². The van der Waals surface area contributed by atoms with Crippen molar-refractivity contribution in [2.75, 3.05) is 0 Å². The van der Waals surface area contributed by atoms with E-state index in [4.69, 9.17) is 0 Å². The Bertz CT molecular complexity index is 107. The summed E-state index contributed by atoms with van der Waals surface area (Å²) in [4.78, 5) is 0. The van der Waals surface area contributed by atoms with Gasteiger partial charge in [0.2, 0.25) is 0 Å². The molecule has 0 saturated heterocycles. The van der Waals surface area contributed by atoms with Gasteiger partial charge < -0.3 is 0 Å². The predicted molar refractivity (Wildman–Crippen MR) is 50.6 cm³/mol. The van der Waals surface area contributed by atoms with Gasteiger partial charge in [0.1, 0.15) is 0 Å². The van der Waals surface area contributed by atoms with Crippen LogP contribution in [0, 0.1) is 11.3 Å². The summed E-state index contributed by atoms with van der Waals surface area (Å²) < 4.78 is 0. The lowest BCUT2D eigenvalue weighted by Gasteiger charge is -2.36. The van der Waals surface area contributed by atoms with Gasteiger partial charge in [-0.25, -0.2) is 0 Å². The van der Waals surface area contributed by atoms with E-state index in [9.17, 15) is 0 Å². The zero-order valence-corrected chi connectivity index (χ0v) is 8.32. The maximum absolute atomic E-state index is 2.46. The van der Waals surface area contributed by atoms with E-state index in [0.717, 1.165) is 5.92 Å². The van der Waals surface area contributed by atoms with Crippen molar-refractivity contribution in [3.63, 3.8) is 0 Å². The molecule has 0 spiro atoms. The molecule has 0 aromatic rings. The van der Waals surface area contributed by atoms with Crippen LogP contribution in [0.2, 0.25) is 0 Å². The van der Waals surface area contributed by atoms with Crippen LogP contribution in [-0.2, 0) is 0 Å². The summed E-state index contributed by atoms with van der Waals surface area (Å²) in [5.74, 6) is 1.05. The minimum atomic E-state index is 0.700. The van der Waals surface area contributed by atoms with Crippen molar-refractivity contribution in [2.45, 2.75) is 59.3 Å². The van der Waals surface area contributed by atoms with Crippen molar-refractivity contribution in [2.24, 2.45) is 11.3 Å². The highest BCUT2D eigenvalue weighted by Gasteiger charge is 2.28. The average molecular weight is 154 g/mol. The van der Waals surface area contributed by atoms with Crippen LogP contribution in [0.1, 0.15) is 59.3 Å². The lowest BCUT2D eigenvalue weighted by atomic mass is 9.70. The molecule has 0 N–H and O–H groups in total. The molecule has 11 heavy (non-hydrogen) atoms. The van der Waals surface area contributed by atoms with Gasteiger partial charge in [0.25, 0.3) is 0 Å². The molecule has 1 aliphatic carbocycles. The van der Waals surface area contributed by atoms with E-state index >= 15 is 0 Å². The van der Waals surface area contributed by atoms with Crippen LogP contribution in [-0.4, -0.2) is 0 Å². The monoisotopic (exact) mass is 154 g/mol. The summed E-state index contributed by atoms with van der Waals surface area (Å²) >= 11 is 0. The molecule has 1 saturated carbocycles. The van der Waals surface area contributed by atoms with Gasteiger partial charge in [0.15, 0.2) is 0 Å². The molecule has 1 rings (SSSR count). The van der Waals surface area contributed by atoms with Crippen molar-refractivity contribution < 1.29 is 0 Å². The Labute approximate surface area is 71.4 Å². The number of hydrogen-bond donors (Lipinski definition) is 0. The van der Waals surface area contributed by atoms with Gasteiger partial charge in [-0.05, 0) is 37.0 Å². The normalized spacial score (nSPS) is 39.0. The zero-order chi connectivity index (χ0) is 8.32. The Morgan fingerprint density at radius 3 is 2.09 bits per heavy atom. The van der Waals surface area contributed by atoms with Crippen LogP contribution < -0.4 is 0 Å². The lowest BCUT2D eigenvalue weighted by molar-refractivity contribution is 0.161. The average Bonchev–Trinajstić information content (AvgIpc) is 2.06. The van der Waals surface area contributed by atoms with Gasteiger partial charge in [-0.1, -0.05) is 33.6 Å². The topological polar surface area (TPSA) is 0 Å². The second-order valence-corrected chi connectivity index (χ2v) is 4.52. The molecule has 0 nitrogen and oxygen atoms in total. The minimum absolute atomic E-state index is 0.700. The van der Waals surface area contributed by atoms with E-state index < -0.39 is 0 Å². The summed E-state index contributed by atoms with van der Waals surface area (Å²) in [5, 5.41) is 0. The van der Waals surface area contributed by atoms with E-state index in [0.29, 0.717) is 5.41 Å². The highest BCUT2D eigenvalue weighted by Crippen LogP contribution is 2.41. The quantitative estimate of drug-likeness (QED) is 0.564. The molecule has 0 heteroatoms. The molecule has 0 aromatic heterocycles.